The lowest BCUT2D eigenvalue weighted by Crippen LogP contribution is -2.49. The standard InChI is InChI=1S/C14H21F2NO/c1-5-14(2,18-4)13(17-3)8-10-6-11(15)9-12(16)7-10/h6-7,9,13,17H,5,8H2,1-4H3. The summed E-state index contributed by atoms with van der Waals surface area (Å²) in [5.74, 6) is -1.09. The van der Waals surface area contributed by atoms with E-state index >= 15 is 0 Å². The first-order chi connectivity index (χ1) is 8.45. The average molecular weight is 257 g/mol. The predicted octanol–water partition coefficient (Wildman–Crippen LogP) is 2.91. The smallest absolute Gasteiger partial charge is 0.126 e. The quantitative estimate of drug-likeness (QED) is 0.846. The van der Waals surface area contributed by atoms with Crippen LogP contribution in [0.25, 0.3) is 0 Å². The Labute approximate surface area is 107 Å². The van der Waals surface area contributed by atoms with E-state index in [4.69, 9.17) is 4.74 Å². The fourth-order valence-corrected chi connectivity index (χ4v) is 2.12. The van der Waals surface area contributed by atoms with Gasteiger partial charge < -0.3 is 10.1 Å². The molecule has 0 aliphatic carbocycles. The molecule has 1 aromatic carbocycles. The van der Waals surface area contributed by atoms with Crippen molar-refractivity contribution in [3.05, 3.63) is 35.4 Å². The molecular formula is C14H21F2NO. The van der Waals surface area contributed by atoms with Gasteiger partial charge in [-0.05, 0) is 44.5 Å². The maximum atomic E-state index is 13.2. The molecule has 0 saturated carbocycles. The van der Waals surface area contributed by atoms with Crippen molar-refractivity contribution in [2.75, 3.05) is 14.2 Å². The molecule has 1 rings (SSSR count). The molecule has 0 amide bonds. The third-order valence-electron chi connectivity index (χ3n) is 3.62. The lowest BCUT2D eigenvalue weighted by atomic mass is 9.88. The molecule has 0 bridgehead atoms. The van der Waals surface area contributed by atoms with E-state index in [2.05, 4.69) is 5.32 Å². The average Bonchev–Trinajstić information content (AvgIpc) is 2.34. The first-order valence-corrected chi connectivity index (χ1v) is 6.12. The zero-order chi connectivity index (χ0) is 13.8. The van der Waals surface area contributed by atoms with Gasteiger partial charge in [-0.1, -0.05) is 6.92 Å². The van der Waals surface area contributed by atoms with Crippen molar-refractivity contribution in [2.24, 2.45) is 0 Å². The molecule has 0 heterocycles. The molecule has 0 aliphatic heterocycles. The molecule has 1 N–H and O–H groups in total. The van der Waals surface area contributed by atoms with Gasteiger partial charge in [0, 0.05) is 19.2 Å². The minimum absolute atomic E-state index is 0.00583. The second-order valence-corrected chi connectivity index (χ2v) is 4.69. The summed E-state index contributed by atoms with van der Waals surface area (Å²) in [7, 11) is 3.48. The highest BCUT2D eigenvalue weighted by Crippen LogP contribution is 2.22. The summed E-state index contributed by atoms with van der Waals surface area (Å²) in [6.45, 7) is 4.02. The van der Waals surface area contributed by atoms with Crippen LogP contribution in [0.2, 0.25) is 0 Å². The molecule has 102 valence electrons. The van der Waals surface area contributed by atoms with Gasteiger partial charge in [0.05, 0.1) is 5.60 Å². The number of nitrogens with one attached hydrogen (secondary N) is 1. The number of likely N-dealkylation sites (N-methyl/N-ethyl adjacent to an activating group) is 1. The lowest BCUT2D eigenvalue weighted by Gasteiger charge is -2.35. The van der Waals surface area contributed by atoms with E-state index in [0.717, 1.165) is 12.5 Å². The second kappa shape index (κ2) is 6.25. The molecule has 18 heavy (non-hydrogen) atoms. The van der Waals surface area contributed by atoms with Gasteiger partial charge in [0.15, 0.2) is 0 Å². The third-order valence-corrected chi connectivity index (χ3v) is 3.62. The van der Waals surface area contributed by atoms with Crippen LogP contribution in [-0.4, -0.2) is 25.8 Å². The lowest BCUT2D eigenvalue weighted by molar-refractivity contribution is -0.0268. The van der Waals surface area contributed by atoms with Gasteiger partial charge in [0.1, 0.15) is 11.6 Å². The first-order valence-electron chi connectivity index (χ1n) is 6.12. The first kappa shape index (κ1) is 15.1. The van der Waals surface area contributed by atoms with Gasteiger partial charge in [-0.3, -0.25) is 0 Å². The zero-order valence-corrected chi connectivity index (χ0v) is 11.4. The van der Waals surface area contributed by atoms with Gasteiger partial charge in [0.2, 0.25) is 0 Å². The van der Waals surface area contributed by atoms with Gasteiger partial charge >= 0.3 is 0 Å². The molecule has 0 fully saturated rings. The number of hydrogen-bond donors (Lipinski definition) is 1. The van der Waals surface area contributed by atoms with Crippen molar-refractivity contribution in [2.45, 2.75) is 38.3 Å². The molecule has 0 aliphatic rings. The van der Waals surface area contributed by atoms with Gasteiger partial charge in [-0.25, -0.2) is 8.78 Å². The molecule has 4 heteroatoms. The molecule has 0 spiro atoms. The highest BCUT2D eigenvalue weighted by Gasteiger charge is 2.31. The van der Waals surface area contributed by atoms with E-state index in [1.807, 2.05) is 20.9 Å². The Balaban J connectivity index is 2.92. The fourth-order valence-electron chi connectivity index (χ4n) is 2.12. The molecular weight excluding hydrogens is 236 g/mol. The van der Waals surface area contributed by atoms with Crippen LogP contribution in [0.1, 0.15) is 25.8 Å². The minimum Gasteiger partial charge on any atom is -0.377 e. The van der Waals surface area contributed by atoms with Crippen LogP contribution < -0.4 is 5.32 Å². The van der Waals surface area contributed by atoms with Crippen molar-refractivity contribution in [3.8, 4) is 0 Å². The summed E-state index contributed by atoms with van der Waals surface area (Å²) < 4.78 is 31.8. The second-order valence-electron chi connectivity index (χ2n) is 4.69. The Bertz CT molecular complexity index is 371. The van der Waals surface area contributed by atoms with Crippen LogP contribution in [0, 0.1) is 11.6 Å². The van der Waals surface area contributed by atoms with Crippen LogP contribution in [-0.2, 0) is 11.2 Å². The van der Waals surface area contributed by atoms with Crippen LogP contribution in [0.3, 0.4) is 0 Å². The van der Waals surface area contributed by atoms with Gasteiger partial charge in [0.25, 0.3) is 0 Å². The Morgan fingerprint density at radius 1 is 1.28 bits per heavy atom. The highest BCUT2D eigenvalue weighted by molar-refractivity contribution is 5.19. The van der Waals surface area contributed by atoms with Crippen molar-refractivity contribution < 1.29 is 13.5 Å². The monoisotopic (exact) mass is 257 g/mol. The number of halogens is 2. The Hall–Kier alpha value is -1.00. The molecule has 0 aromatic heterocycles. The molecule has 2 unspecified atom stereocenters. The van der Waals surface area contributed by atoms with Crippen molar-refractivity contribution in [1.29, 1.82) is 0 Å². The number of hydrogen-bond acceptors (Lipinski definition) is 2. The highest BCUT2D eigenvalue weighted by atomic mass is 19.1. The van der Waals surface area contributed by atoms with Gasteiger partial charge in [-0.15, -0.1) is 0 Å². The Kier molecular flexibility index (Phi) is 5.23. The third kappa shape index (κ3) is 3.50. The number of methoxy groups -OCH3 is 1. The number of benzene rings is 1. The van der Waals surface area contributed by atoms with E-state index in [9.17, 15) is 8.78 Å². The van der Waals surface area contributed by atoms with Crippen molar-refractivity contribution in [1.82, 2.24) is 5.32 Å². The summed E-state index contributed by atoms with van der Waals surface area (Å²) in [6.07, 6.45) is 1.33. The maximum absolute atomic E-state index is 13.2. The maximum Gasteiger partial charge on any atom is 0.126 e. The topological polar surface area (TPSA) is 21.3 Å². The van der Waals surface area contributed by atoms with E-state index in [0.29, 0.717) is 12.0 Å². The Morgan fingerprint density at radius 3 is 2.22 bits per heavy atom. The van der Waals surface area contributed by atoms with E-state index < -0.39 is 11.6 Å². The molecule has 1 aromatic rings. The van der Waals surface area contributed by atoms with E-state index in [1.54, 1.807) is 7.11 Å². The number of ether oxygens (including phenoxy) is 1. The summed E-state index contributed by atoms with van der Waals surface area (Å²) in [5.41, 5.74) is 0.265. The summed E-state index contributed by atoms with van der Waals surface area (Å²) in [6, 6.07) is 3.60. The molecule has 0 saturated heterocycles. The van der Waals surface area contributed by atoms with Crippen LogP contribution in [0.15, 0.2) is 18.2 Å². The van der Waals surface area contributed by atoms with Crippen LogP contribution in [0.5, 0.6) is 0 Å². The predicted molar refractivity (Wildman–Crippen MR) is 68.6 cm³/mol. The summed E-state index contributed by atoms with van der Waals surface area (Å²) in [5, 5.41) is 3.16. The normalized spacial score (nSPS) is 16.3. The Morgan fingerprint density at radius 2 is 1.83 bits per heavy atom. The van der Waals surface area contributed by atoms with Crippen molar-refractivity contribution >= 4 is 0 Å². The summed E-state index contributed by atoms with van der Waals surface area (Å²) in [4.78, 5) is 0. The van der Waals surface area contributed by atoms with Gasteiger partial charge in [-0.2, -0.15) is 0 Å². The molecule has 0 radical (unpaired) electrons. The SMILES string of the molecule is CCC(C)(OC)C(Cc1cc(F)cc(F)c1)NC. The zero-order valence-electron chi connectivity index (χ0n) is 11.4. The van der Waals surface area contributed by atoms with Crippen molar-refractivity contribution in [3.63, 3.8) is 0 Å². The number of rotatable bonds is 6. The molecule has 2 nitrogen and oxygen atoms in total. The molecule has 2 atom stereocenters. The minimum atomic E-state index is -0.546. The van der Waals surface area contributed by atoms with Crippen LogP contribution >= 0.6 is 0 Å². The fraction of sp³-hybridized carbons (Fsp3) is 0.571. The van der Waals surface area contributed by atoms with E-state index in [1.165, 1.54) is 12.1 Å². The van der Waals surface area contributed by atoms with Crippen LogP contribution in [0.4, 0.5) is 8.78 Å². The van der Waals surface area contributed by atoms with E-state index in [-0.39, 0.29) is 11.6 Å². The summed E-state index contributed by atoms with van der Waals surface area (Å²) >= 11 is 0. The largest absolute Gasteiger partial charge is 0.377 e.